The Morgan fingerprint density at radius 1 is 0.892 bits per heavy atom. The molecule has 0 aliphatic heterocycles. The molecule has 198 valence electrons. The van der Waals surface area contributed by atoms with E-state index in [1.54, 1.807) is 24.0 Å². The van der Waals surface area contributed by atoms with E-state index in [0.717, 1.165) is 16.9 Å². The van der Waals surface area contributed by atoms with E-state index in [1.165, 1.54) is 0 Å². The summed E-state index contributed by atoms with van der Waals surface area (Å²) in [6, 6.07) is 17.0. The molecule has 3 aromatic rings. The lowest BCUT2D eigenvalue weighted by atomic mass is 10.1. The molecule has 0 saturated carbocycles. The molecule has 0 aliphatic carbocycles. The van der Waals surface area contributed by atoms with Crippen molar-refractivity contribution in [3.05, 3.63) is 82.8 Å². The molecule has 0 N–H and O–H groups in total. The van der Waals surface area contributed by atoms with Gasteiger partial charge in [0.25, 0.3) is 5.91 Å². The first-order valence-electron chi connectivity index (χ1n) is 12.6. The van der Waals surface area contributed by atoms with Crippen LogP contribution in [0.15, 0.2) is 59.0 Å². The normalized spacial score (nSPS) is 10.9. The summed E-state index contributed by atoms with van der Waals surface area (Å²) >= 11 is 0. The van der Waals surface area contributed by atoms with E-state index in [0.29, 0.717) is 48.9 Å². The SMILES string of the molecule is COc1ccc(CCN(Cc2ccc(C)o2)C(=O)CN(CC(C)C)C(=O)c2ccc(C)cc2)cc1OC. The second kappa shape index (κ2) is 13.0. The van der Waals surface area contributed by atoms with Gasteiger partial charge in [-0.3, -0.25) is 9.59 Å². The Labute approximate surface area is 220 Å². The number of aryl methyl sites for hydroxylation is 2. The number of benzene rings is 2. The molecule has 37 heavy (non-hydrogen) atoms. The highest BCUT2D eigenvalue weighted by atomic mass is 16.5. The molecular formula is C30H38N2O5. The lowest BCUT2D eigenvalue weighted by Crippen LogP contribution is -2.44. The second-order valence-electron chi connectivity index (χ2n) is 9.71. The number of hydrogen-bond acceptors (Lipinski definition) is 5. The molecule has 0 spiro atoms. The number of furan rings is 1. The minimum atomic E-state index is -0.143. The minimum absolute atomic E-state index is 0.00346. The topological polar surface area (TPSA) is 72.2 Å². The lowest BCUT2D eigenvalue weighted by molar-refractivity contribution is -0.132. The smallest absolute Gasteiger partial charge is 0.254 e. The standard InChI is InChI=1S/C30H38N2O5/c1-21(2)18-32(30(34)25-11-7-22(3)8-12-25)20-29(33)31(19-26-13-9-23(4)37-26)16-15-24-10-14-27(35-5)28(17-24)36-6/h7-14,17,21H,15-16,18-20H2,1-6H3. The molecule has 2 aromatic carbocycles. The molecule has 1 heterocycles. The highest BCUT2D eigenvalue weighted by molar-refractivity contribution is 5.96. The first kappa shape index (κ1) is 27.8. The summed E-state index contributed by atoms with van der Waals surface area (Å²) < 4.78 is 16.5. The third-order valence-corrected chi connectivity index (χ3v) is 6.11. The van der Waals surface area contributed by atoms with E-state index in [4.69, 9.17) is 13.9 Å². The van der Waals surface area contributed by atoms with Crippen molar-refractivity contribution >= 4 is 11.8 Å². The molecule has 0 aliphatic rings. The van der Waals surface area contributed by atoms with Crippen LogP contribution in [0.1, 0.15) is 46.9 Å². The summed E-state index contributed by atoms with van der Waals surface area (Å²) in [6.07, 6.45) is 0.613. The van der Waals surface area contributed by atoms with E-state index in [-0.39, 0.29) is 24.3 Å². The van der Waals surface area contributed by atoms with Gasteiger partial charge in [-0.05, 0) is 68.1 Å². The predicted octanol–water partition coefficient (Wildman–Crippen LogP) is 5.28. The first-order chi connectivity index (χ1) is 17.7. The maximum Gasteiger partial charge on any atom is 0.254 e. The molecule has 0 atom stereocenters. The van der Waals surface area contributed by atoms with Crippen LogP contribution >= 0.6 is 0 Å². The van der Waals surface area contributed by atoms with Crippen molar-refractivity contribution in [2.75, 3.05) is 33.9 Å². The number of amides is 2. The zero-order valence-corrected chi connectivity index (χ0v) is 22.7. The molecule has 2 amide bonds. The maximum atomic E-state index is 13.6. The maximum absolute atomic E-state index is 13.6. The summed E-state index contributed by atoms with van der Waals surface area (Å²) in [5, 5.41) is 0. The van der Waals surface area contributed by atoms with Gasteiger partial charge in [0, 0.05) is 18.7 Å². The monoisotopic (exact) mass is 506 g/mol. The van der Waals surface area contributed by atoms with Gasteiger partial charge in [0.15, 0.2) is 11.5 Å². The zero-order chi connectivity index (χ0) is 26.9. The average molecular weight is 507 g/mol. The molecule has 0 bridgehead atoms. The van der Waals surface area contributed by atoms with Crippen LogP contribution in [0.5, 0.6) is 11.5 Å². The van der Waals surface area contributed by atoms with Crippen molar-refractivity contribution in [1.82, 2.24) is 9.80 Å². The van der Waals surface area contributed by atoms with Gasteiger partial charge in [0.2, 0.25) is 5.91 Å². The van der Waals surface area contributed by atoms with Crippen molar-refractivity contribution in [3.63, 3.8) is 0 Å². The van der Waals surface area contributed by atoms with E-state index in [1.807, 2.05) is 82.3 Å². The molecule has 7 heteroatoms. The molecule has 0 unspecified atom stereocenters. The van der Waals surface area contributed by atoms with E-state index >= 15 is 0 Å². The quantitative estimate of drug-likeness (QED) is 0.334. The van der Waals surface area contributed by atoms with Gasteiger partial charge in [0.05, 0.1) is 20.8 Å². The molecule has 0 saturated heterocycles. The van der Waals surface area contributed by atoms with Gasteiger partial charge >= 0.3 is 0 Å². The lowest BCUT2D eigenvalue weighted by Gasteiger charge is -2.28. The van der Waals surface area contributed by atoms with E-state index < -0.39 is 0 Å². The van der Waals surface area contributed by atoms with Crippen molar-refractivity contribution in [1.29, 1.82) is 0 Å². The number of carbonyl (C=O) groups is 2. The Kier molecular flexibility index (Phi) is 9.78. The van der Waals surface area contributed by atoms with Crippen molar-refractivity contribution in [3.8, 4) is 11.5 Å². The number of nitrogens with zero attached hydrogens (tertiary/aromatic N) is 2. The van der Waals surface area contributed by atoms with Gasteiger partial charge in [-0.15, -0.1) is 0 Å². The Hall–Kier alpha value is -3.74. The summed E-state index contributed by atoms with van der Waals surface area (Å²) in [6.45, 7) is 9.22. The van der Waals surface area contributed by atoms with Crippen LogP contribution in [-0.4, -0.2) is 55.5 Å². The summed E-state index contributed by atoms with van der Waals surface area (Å²) in [5.74, 6) is 2.74. The van der Waals surface area contributed by atoms with E-state index in [9.17, 15) is 9.59 Å². The number of methoxy groups -OCH3 is 2. The Morgan fingerprint density at radius 3 is 2.19 bits per heavy atom. The zero-order valence-electron chi connectivity index (χ0n) is 22.7. The van der Waals surface area contributed by atoms with Crippen molar-refractivity contribution in [2.24, 2.45) is 5.92 Å². The fourth-order valence-electron chi connectivity index (χ4n) is 4.15. The Morgan fingerprint density at radius 2 is 1.59 bits per heavy atom. The highest BCUT2D eigenvalue weighted by Gasteiger charge is 2.24. The van der Waals surface area contributed by atoms with Crippen molar-refractivity contribution in [2.45, 2.75) is 40.7 Å². The fourth-order valence-corrected chi connectivity index (χ4v) is 4.15. The molecule has 0 radical (unpaired) electrons. The van der Waals surface area contributed by atoms with Crippen LogP contribution in [0, 0.1) is 19.8 Å². The first-order valence-corrected chi connectivity index (χ1v) is 12.6. The van der Waals surface area contributed by atoms with Crippen LogP contribution in [-0.2, 0) is 17.8 Å². The summed E-state index contributed by atoms with van der Waals surface area (Å²) in [7, 11) is 3.20. The Balaban J connectivity index is 1.80. The number of rotatable bonds is 12. The fraction of sp³-hybridized carbons (Fsp3) is 0.400. The molecule has 0 fully saturated rings. The van der Waals surface area contributed by atoms with Crippen LogP contribution in [0.4, 0.5) is 0 Å². The van der Waals surface area contributed by atoms with Crippen LogP contribution < -0.4 is 9.47 Å². The van der Waals surface area contributed by atoms with Crippen LogP contribution in [0.25, 0.3) is 0 Å². The van der Waals surface area contributed by atoms with Gasteiger partial charge in [-0.2, -0.15) is 0 Å². The largest absolute Gasteiger partial charge is 0.493 e. The highest BCUT2D eigenvalue weighted by Crippen LogP contribution is 2.28. The van der Waals surface area contributed by atoms with Gasteiger partial charge in [-0.1, -0.05) is 37.6 Å². The minimum Gasteiger partial charge on any atom is -0.493 e. The molecular weight excluding hydrogens is 468 g/mol. The number of ether oxygens (including phenoxy) is 2. The van der Waals surface area contributed by atoms with Crippen molar-refractivity contribution < 1.29 is 23.5 Å². The average Bonchev–Trinajstić information content (AvgIpc) is 3.30. The molecule has 1 aromatic heterocycles. The molecule has 3 rings (SSSR count). The molecule has 7 nitrogen and oxygen atoms in total. The number of carbonyl (C=O) groups excluding carboxylic acids is 2. The third-order valence-electron chi connectivity index (χ3n) is 6.11. The van der Waals surface area contributed by atoms with E-state index in [2.05, 4.69) is 0 Å². The third kappa shape index (κ3) is 7.87. The van der Waals surface area contributed by atoms with Crippen LogP contribution in [0.3, 0.4) is 0 Å². The summed E-state index contributed by atoms with van der Waals surface area (Å²) in [4.78, 5) is 30.4. The van der Waals surface area contributed by atoms with Gasteiger partial charge in [0.1, 0.15) is 18.1 Å². The number of hydrogen-bond donors (Lipinski definition) is 0. The summed E-state index contributed by atoms with van der Waals surface area (Å²) in [5.41, 5.74) is 2.68. The van der Waals surface area contributed by atoms with Gasteiger partial charge < -0.3 is 23.7 Å². The Bertz CT molecular complexity index is 1180. The second-order valence-corrected chi connectivity index (χ2v) is 9.71. The predicted molar refractivity (Wildman–Crippen MR) is 144 cm³/mol. The van der Waals surface area contributed by atoms with Crippen LogP contribution in [0.2, 0.25) is 0 Å². The van der Waals surface area contributed by atoms with Gasteiger partial charge in [-0.25, -0.2) is 0 Å².